The van der Waals surface area contributed by atoms with Gasteiger partial charge in [-0.05, 0) is 35.9 Å². The fraction of sp³-hybridized carbons (Fsp3) is 0.130. The van der Waals surface area contributed by atoms with Crippen LogP contribution in [0, 0.1) is 0 Å². The minimum absolute atomic E-state index is 0.0238. The van der Waals surface area contributed by atoms with E-state index in [-0.39, 0.29) is 23.8 Å². The van der Waals surface area contributed by atoms with Gasteiger partial charge in [0, 0.05) is 24.9 Å². The Labute approximate surface area is 170 Å². The van der Waals surface area contributed by atoms with Gasteiger partial charge in [0.15, 0.2) is 5.78 Å². The highest BCUT2D eigenvalue weighted by Gasteiger charge is 2.38. The molecule has 146 valence electrons. The molecule has 2 heterocycles. The van der Waals surface area contributed by atoms with E-state index in [1.165, 1.54) is 4.31 Å². The molecule has 1 aromatic heterocycles. The molecule has 4 rings (SSSR count). The number of piperidine rings is 1. The Hall–Kier alpha value is -3.09. The van der Waals surface area contributed by atoms with E-state index in [1.807, 2.05) is 36.4 Å². The molecule has 1 aliphatic heterocycles. The number of hydrogen-bond acceptors (Lipinski definition) is 4. The van der Waals surface area contributed by atoms with Crippen molar-refractivity contribution in [1.29, 1.82) is 0 Å². The third-order valence-electron chi connectivity index (χ3n) is 4.96. The number of carbonyl (C=O) groups is 1. The van der Waals surface area contributed by atoms with Gasteiger partial charge in [-0.15, -0.1) is 0 Å². The summed E-state index contributed by atoms with van der Waals surface area (Å²) in [6.07, 6.45) is 3.33. The van der Waals surface area contributed by atoms with Gasteiger partial charge < -0.3 is 0 Å². The standard InChI is InChI=1S/C23H20N2O3S/c26-23-19(15-20-11-7-8-14-24-20)16-25(17-22(23)18-9-3-1-4-10-18)29(27,28)21-12-5-2-6-13-21/h1-15,22H,16-17H2. The first-order chi connectivity index (χ1) is 14.1. The fourth-order valence-electron chi connectivity index (χ4n) is 3.47. The molecule has 1 unspecified atom stereocenters. The van der Waals surface area contributed by atoms with Crippen molar-refractivity contribution < 1.29 is 13.2 Å². The Morgan fingerprint density at radius 2 is 1.55 bits per heavy atom. The van der Waals surface area contributed by atoms with Gasteiger partial charge in [0.25, 0.3) is 0 Å². The predicted molar refractivity (Wildman–Crippen MR) is 112 cm³/mol. The fourth-order valence-corrected chi connectivity index (χ4v) is 4.92. The van der Waals surface area contributed by atoms with Crippen molar-refractivity contribution in [3.63, 3.8) is 0 Å². The van der Waals surface area contributed by atoms with Crippen LogP contribution in [0.15, 0.2) is 95.5 Å². The lowest BCUT2D eigenvalue weighted by molar-refractivity contribution is -0.118. The molecule has 1 saturated heterocycles. The van der Waals surface area contributed by atoms with E-state index in [9.17, 15) is 13.2 Å². The lowest BCUT2D eigenvalue weighted by atomic mass is 9.87. The Morgan fingerprint density at radius 1 is 0.897 bits per heavy atom. The van der Waals surface area contributed by atoms with E-state index < -0.39 is 15.9 Å². The summed E-state index contributed by atoms with van der Waals surface area (Å²) in [5.74, 6) is -0.625. The quantitative estimate of drug-likeness (QED) is 0.624. The molecule has 5 nitrogen and oxygen atoms in total. The summed E-state index contributed by atoms with van der Waals surface area (Å²) in [4.78, 5) is 17.7. The first kappa shape index (κ1) is 19.2. The van der Waals surface area contributed by atoms with Crippen LogP contribution in [-0.2, 0) is 14.8 Å². The van der Waals surface area contributed by atoms with E-state index in [2.05, 4.69) is 4.98 Å². The molecule has 0 aliphatic carbocycles. The van der Waals surface area contributed by atoms with E-state index >= 15 is 0 Å². The van der Waals surface area contributed by atoms with Crippen molar-refractivity contribution >= 4 is 21.9 Å². The molecule has 1 fully saturated rings. The molecule has 1 aliphatic rings. The number of Topliss-reactive ketones (excluding diaryl/α,β-unsaturated/α-hetero) is 1. The molecule has 3 aromatic rings. The maximum Gasteiger partial charge on any atom is 0.243 e. The van der Waals surface area contributed by atoms with Gasteiger partial charge in [0.05, 0.1) is 16.5 Å². The van der Waals surface area contributed by atoms with Gasteiger partial charge in [-0.25, -0.2) is 8.42 Å². The number of hydrogen-bond donors (Lipinski definition) is 0. The zero-order valence-electron chi connectivity index (χ0n) is 15.7. The summed E-state index contributed by atoms with van der Waals surface area (Å²) < 4.78 is 27.9. The maximum absolute atomic E-state index is 13.2. The molecule has 2 aromatic carbocycles. The summed E-state index contributed by atoms with van der Waals surface area (Å²) in [5.41, 5.74) is 1.86. The van der Waals surface area contributed by atoms with Crippen LogP contribution in [0.1, 0.15) is 17.2 Å². The van der Waals surface area contributed by atoms with Gasteiger partial charge in [-0.3, -0.25) is 9.78 Å². The molecule has 0 spiro atoms. The number of nitrogens with zero attached hydrogens (tertiary/aromatic N) is 2. The molecule has 0 radical (unpaired) electrons. The average molecular weight is 404 g/mol. The van der Waals surface area contributed by atoms with Crippen molar-refractivity contribution in [2.45, 2.75) is 10.8 Å². The van der Waals surface area contributed by atoms with Crippen molar-refractivity contribution in [1.82, 2.24) is 9.29 Å². The van der Waals surface area contributed by atoms with Gasteiger partial charge >= 0.3 is 0 Å². The van der Waals surface area contributed by atoms with Crippen LogP contribution in [0.3, 0.4) is 0 Å². The van der Waals surface area contributed by atoms with E-state index in [4.69, 9.17) is 0 Å². The first-order valence-corrected chi connectivity index (χ1v) is 10.8. The molecule has 1 atom stereocenters. The third kappa shape index (κ3) is 4.04. The highest BCUT2D eigenvalue weighted by Crippen LogP contribution is 2.31. The van der Waals surface area contributed by atoms with E-state index in [0.717, 1.165) is 5.56 Å². The number of aromatic nitrogens is 1. The van der Waals surface area contributed by atoms with Gasteiger partial charge in [-0.1, -0.05) is 54.6 Å². The second kappa shape index (κ2) is 8.11. The smallest absolute Gasteiger partial charge is 0.243 e. The van der Waals surface area contributed by atoms with Crippen LogP contribution >= 0.6 is 0 Å². The van der Waals surface area contributed by atoms with Crippen molar-refractivity contribution in [2.75, 3.05) is 13.1 Å². The number of pyridine rings is 1. The summed E-state index contributed by atoms with van der Waals surface area (Å²) in [6, 6.07) is 23.0. The second-order valence-corrected chi connectivity index (χ2v) is 8.80. The van der Waals surface area contributed by atoms with Gasteiger partial charge in [0.1, 0.15) is 0 Å². The van der Waals surface area contributed by atoms with Crippen LogP contribution in [0.25, 0.3) is 6.08 Å². The molecule has 29 heavy (non-hydrogen) atoms. The van der Waals surface area contributed by atoms with Gasteiger partial charge in [-0.2, -0.15) is 4.31 Å². The first-order valence-electron chi connectivity index (χ1n) is 9.31. The number of benzene rings is 2. The summed E-state index contributed by atoms with van der Waals surface area (Å²) in [6.45, 7) is 0.135. The Balaban J connectivity index is 1.77. The maximum atomic E-state index is 13.2. The number of rotatable bonds is 4. The zero-order chi connectivity index (χ0) is 20.3. The minimum Gasteiger partial charge on any atom is -0.294 e. The molecule has 0 bridgehead atoms. The van der Waals surface area contributed by atoms with E-state index in [1.54, 1.807) is 54.7 Å². The van der Waals surface area contributed by atoms with Crippen molar-refractivity contribution in [3.05, 3.63) is 102 Å². The Bertz CT molecular complexity index is 1130. The van der Waals surface area contributed by atoms with Gasteiger partial charge in [0.2, 0.25) is 10.0 Å². The largest absolute Gasteiger partial charge is 0.294 e. The van der Waals surface area contributed by atoms with Crippen LogP contribution in [0.5, 0.6) is 0 Å². The van der Waals surface area contributed by atoms with Crippen LogP contribution in [0.2, 0.25) is 0 Å². The monoisotopic (exact) mass is 404 g/mol. The number of sulfonamides is 1. The summed E-state index contributed by atoms with van der Waals surface area (Å²) in [5, 5.41) is 0. The predicted octanol–water partition coefficient (Wildman–Crippen LogP) is 3.52. The Kier molecular flexibility index (Phi) is 5.38. The zero-order valence-corrected chi connectivity index (χ0v) is 16.5. The second-order valence-electron chi connectivity index (χ2n) is 6.86. The van der Waals surface area contributed by atoms with Crippen LogP contribution in [0.4, 0.5) is 0 Å². The van der Waals surface area contributed by atoms with Crippen molar-refractivity contribution in [2.24, 2.45) is 0 Å². The van der Waals surface area contributed by atoms with E-state index in [0.29, 0.717) is 11.3 Å². The number of carbonyl (C=O) groups excluding carboxylic acids is 1. The van der Waals surface area contributed by atoms with Crippen molar-refractivity contribution in [3.8, 4) is 0 Å². The summed E-state index contributed by atoms with van der Waals surface area (Å²) in [7, 11) is -3.73. The highest BCUT2D eigenvalue weighted by molar-refractivity contribution is 7.89. The highest BCUT2D eigenvalue weighted by atomic mass is 32.2. The average Bonchev–Trinajstić information content (AvgIpc) is 2.77. The molecular weight excluding hydrogens is 384 g/mol. The molecule has 0 N–H and O–H groups in total. The molecule has 0 amide bonds. The molecule has 6 heteroatoms. The Morgan fingerprint density at radius 3 is 2.21 bits per heavy atom. The molecular formula is C23H20N2O3S. The lowest BCUT2D eigenvalue weighted by Crippen LogP contribution is -2.44. The van der Waals surface area contributed by atoms with Crippen LogP contribution in [-0.4, -0.2) is 36.6 Å². The third-order valence-corrected chi connectivity index (χ3v) is 6.78. The normalized spacial score (nSPS) is 19.4. The minimum atomic E-state index is -3.73. The summed E-state index contributed by atoms with van der Waals surface area (Å²) >= 11 is 0. The SMILES string of the molecule is O=C1C(=Cc2ccccn2)CN(S(=O)(=O)c2ccccc2)CC1c1ccccc1. The lowest BCUT2D eigenvalue weighted by Gasteiger charge is -2.33. The van der Waals surface area contributed by atoms with Crippen LogP contribution < -0.4 is 0 Å². The molecule has 0 saturated carbocycles. The number of ketones is 1. The topological polar surface area (TPSA) is 67.3 Å².